The van der Waals surface area contributed by atoms with Gasteiger partial charge in [-0.15, -0.1) is 0 Å². The van der Waals surface area contributed by atoms with E-state index in [4.69, 9.17) is 4.74 Å². The number of allylic oxidation sites excluding steroid dienone is 1. The Labute approximate surface area is 104 Å². The molecule has 0 saturated carbocycles. The molecule has 0 saturated heterocycles. The molecule has 0 bridgehead atoms. The Morgan fingerprint density at radius 1 is 1.29 bits per heavy atom. The van der Waals surface area contributed by atoms with Crippen LogP contribution in [0.3, 0.4) is 0 Å². The highest BCUT2D eigenvalue weighted by Crippen LogP contribution is 2.15. The van der Waals surface area contributed by atoms with E-state index in [1.807, 2.05) is 0 Å². The Bertz CT molecular complexity index is 246. The van der Waals surface area contributed by atoms with Crippen LogP contribution < -0.4 is 0 Å². The first-order valence-electron chi connectivity index (χ1n) is 6.40. The van der Waals surface area contributed by atoms with E-state index >= 15 is 0 Å². The Kier molecular flexibility index (Phi) is 9.40. The SMILES string of the molecule is C=C(C=O)CCC(CCCCCC)OC(C)=O. The Morgan fingerprint density at radius 3 is 2.53 bits per heavy atom. The second kappa shape index (κ2) is 10.1. The van der Waals surface area contributed by atoms with Crippen molar-refractivity contribution in [1.82, 2.24) is 0 Å². The van der Waals surface area contributed by atoms with Crippen molar-refractivity contribution in [3.63, 3.8) is 0 Å². The molecule has 3 nitrogen and oxygen atoms in total. The summed E-state index contributed by atoms with van der Waals surface area (Å²) >= 11 is 0. The van der Waals surface area contributed by atoms with Gasteiger partial charge in [0, 0.05) is 6.92 Å². The first-order valence-corrected chi connectivity index (χ1v) is 6.40. The van der Waals surface area contributed by atoms with Gasteiger partial charge in [-0.3, -0.25) is 9.59 Å². The monoisotopic (exact) mass is 240 g/mol. The zero-order valence-electron chi connectivity index (χ0n) is 11.0. The van der Waals surface area contributed by atoms with Crippen molar-refractivity contribution in [3.05, 3.63) is 12.2 Å². The number of ether oxygens (including phenoxy) is 1. The standard InChI is InChI=1S/C14H24O3/c1-4-5-6-7-8-14(17-13(3)16)10-9-12(2)11-15/h11,14H,2,4-10H2,1,3H3. The van der Waals surface area contributed by atoms with Gasteiger partial charge in [-0.1, -0.05) is 32.8 Å². The molecular weight excluding hydrogens is 216 g/mol. The molecule has 1 atom stereocenters. The molecule has 0 fully saturated rings. The van der Waals surface area contributed by atoms with Gasteiger partial charge in [0.25, 0.3) is 0 Å². The van der Waals surface area contributed by atoms with Gasteiger partial charge in [0.15, 0.2) is 0 Å². The molecule has 0 radical (unpaired) electrons. The van der Waals surface area contributed by atoms with Crippen LogP contribution >= 0.6 is 0 Å². The van der Waals surface area contributed by atoms with Gasteiger partial charge < -0.3 is 4.74 Å². The molecule has 0 rings (SSSR count). The summed E-state index contributed by atoms with van der Waals surface area (Å²) < 4.78 is 5.23. The van der Waals surface area contributed by atoms with Crippen LogP contribution in [0.4, 0.5) is 0 Å². The lowest BCUT2D eigenvalue weighted by molar-refractivity contribution is -0.147. The first kappa shape index (κ1) is 15.9. The van der Waals surface area contributed by atoms with Gasteiger partial charge in [0.1, 0.15) is 12.4 Å². The van der Waals surface area contributed by atoms with Crippen molar-refractivity contribution in [2.75, 3.05) is 0 Å². The van der Waals surface area contributed by atoms with E-state index in [9.17, 15) is 9.59 Å². The highest BCUT2D eigenvalue weighted by Gasteiger charge is 2.12. The summed E-state index contributed by atoms with van der Waals surface area (Å²) in [6.07, 6.45) is 7.53. The Morgan fingerprint density at radius 2 is 2.00 bits per heavy atom. The topological polar surface area (TPSA) is 43.4 Å². The van der Waals surface area contributed by atoms with Crippen LogP contribution in [0.25, 0.3) is 0 Å². The largest absolute Gasteiger partial charge is 0.463 e. The second-order valence-electron chi connectivity index (χ2n) is 4.40. The maximum atomic E-state index is 10.9. The summed E-state index contributed by atoms with van der Waals surface area (Å²) in [7, 11) is 0. The van der Waals surface area contributed by atoms with Crippen LogP contribution in [0, 0.1) is 0 Å². The van der Waals surface area contributed by atoms with Crippen LogP contribution in [-0.2, 0) is 14.3 Å². The summed E-state index contributed by atoms with van der Waals surface area (Å²) in [6.45, 7) is 7.21. The summed E-state index contributed by atoms with van der Waals surface area (Å²) in [4.78, 5) is 21.4. The number of rotatable bonds is 10. The molecule has 3 heteroatoms. The molecule has 0 heterocycles. The van der Waals surface area contributed by atoms with Gasteiger partial charge in [0.05, 0.1) is 0 Å². The molecule has 0 aliphatic carbocycles. The Hall–Kier alpha value is -1.12. The molecule has 0 aliphatic heterocycles. The normalized spacial score (nSPS) is 11.9. The lowest BCUT2D eigenvalue weighted by Gasteiger charge is -2.16. The number of carbonyl (C=O) groups is 2. The summed E-state index contributed by atoms with van der Waals surface area (Å²) in [6, 6.07) is 0. The molecule has 1 unspecified atom stereocenters. The lowest BCUT2D eigenvalue weighted by atomic mass is 10.0. The number of hydrogen-bond donors (Lipinski definition) is 0. The van der Waals surface area contributed by atoms with E-state index < -0.39 is 0 Å². The molecule has 0 aromatic carbocycles. The van der Waals surface area contributed by atoms with Crippen LogP contribution in [0.5, 0.6) is 0 Å². The molecule has 0 spiro atoms. The van der Waals surface area contributed by atoms with Crippen molar-refractivity contribution >= 4 is 12.3 Å². The molecule has 98 valence electrons. The van der Waals surface area contributed by atoms with E-state index in [0.717, 1.165) is 19.1 Å². The minimum absolute atomic E-state index is 0.0685. The minimum Gasteiger partial charge on any atom is -0.463 e. The highest BCUT2D eigenvalue weighted by molar-refractivity contribution is 5.71. The summed E-state index contributed by atoms with van der Waals surface area (Å²) in [5.41, 5.74) is 0.565. The van der Waals surface area contributed by atoms with Crippen molar-refractivity contribution in [2.45, 2.75) is 64.9 Å². The van der Waals surface area contributed by atoms with E-state index in [2.05, 4.69) is 13.5 Å². The van der Waals surface area contributed by atoms with Gasteiger partial charge >= 0.3 is 5.97 Å². The molecule has 0 aliphatic rings. The molecule has 0 N–H and O–H groups in total. The van der Waals surface area contributed by atoms with E-state index in [-0.39, 0.29) is 12.1 Å². The van der Waals surface area contributed by atoms with Crippen LogP contribution in [0.15, 0.2) is 12.2 Å². The van der Waals surface area contributed by atoms with Crippen LogP contribution in [0.2, 0.25) is 0 Å². The first-order chi connectivity index (χ1) is 8.10. The Balaban J connectivity index is 3.91. The maximum absolute atomic E-state index is 10.9. The lowest BCUT2D eigenvalue weighted by Crippen LogP contribution is -2.16. The third kappa shape index (κ3) is 9.79. The van der Waals surface area contributed by atoms with E-state index in [1.54, 1.807) is 0 Å². The quantitative estimate of drug-likeness (QED) is 0.254. The minimum atomic E-state index is -0.248. The number of carbonyl (C=O) groups excluding carboxylic acids is 2. The molecule has 0 aromatic heterocycles. The fraction of sp³-hybridized carbons (Fsp3) is 0.714. The summed E-state index contributed by atoms with van der Waals surface area (Å²) in [5, 5.41) is 0. The number of esters is 1. The van der Waals surface area contributed by atoms with Crippen molar-refractivity contribution in [2.24, 2.45) is 0 Å². The zero-order chi connectivity index (χ0) is 13.1. The highest BCUT2D eigenvalue weighted by atomic mass is 16.5. The number of aldehydes is 1. The fourth-order valence-electron chi connectivity index (χ4n) is 1.70. The second-order valence-corrected chi connectivity index (χ2v) is 4.40. The predicted octanol–water partition coefficient (Wildman–Crippen LogP) is 3.42. The van der Waals surface area contributed by atoms with Gasteiger partial charge in [-0.25, -0.2) is 0 Å². The maximum Gasteiger partial charge on any atom is 0.302 e. The van der Waals surface area contributed by atoms with Gasteiger partial charge in [-0.05, 0) is 31.3 Å². The van der Waals surface area contributed by atoms with Crippen molar-refractivity contribution < 1.29 is 14.3 Å². The van der Waals surface area contributed by atoms with Crippen molar-refractivity contribution in [1.29, 1.82) is 0 Å². The molecule has 17 heavy (non-hydrogen) atoms. The average Bonchev–Trinajstić information content (AvgIpc) is 2.30. The number of hydrogen-bond acceptors (Lipinski definition) is 3. The number of unbranched alkanes of at least 4 members (excludes halogenated alkanes) is 3. The fourth-order valence-corrected chi connectivity index (χ4v) is 1.70. The smallest absolute Gasteiger partial charge is 0.302 e. The zero-order valence-corrected chi connectivity index (χ0v) is 11.0. The van der Waals surface area contributed by atoms with Crippen molar-refractivity contribution in [3.8, 4) is 0 Å². The van der Waals surface area contributed by atoms with E-state index in [0.29, 0.717) is 18.4 Å². The molecule has 0 aromatic rings. The molecule has 0 amide bonds. The van der Waals surface area contributed by atoms with Gasteiger partial charge in [-0.2, -0.15) is 0 Å². The third-order valence-corrected chi connectivity index (χ3v) is 2.67. The third-order valence-electron chi connectivity index (χ3n) is 2.67. The van der Waals surface area contributed by atoms with E-state index in [1.165, 1.54) is 26.2 Å². The summed E-state index contributed by atoms with van der Waals surface area (Å²) in [5.74, 6) is -0.248. The average molecular weight is 240 g/mol. The van der Waals surface area contributed by atoms with Crippen LogP contribution in [-0.4, -0.2) is 18.4 Å². The molecular formula is C14H24O3. The van der Waals surface area contributed by atoms with Crippen LogP contribution in [0.1, 0.15) is 58.8 Å². The predicted molar refractivity (Wildman–Crippen MR) is 68.8 cm³/mol. The van der Waals surface area contributed by atoms with Gasteiger partial charge in [0.2, 0.25) is 0 Å².